The van der Waals surface area contributed by atoms with Crippen LogP contribution in [0.25, 0.3) is 0 Å². The number of nitrogens with two attached hydrogens (primary N) is 1. The lowest BCUT2D eigenvalue weighted by atomic mass is 10.1. The molecule has 0 aliphatic carbocycles. The summed E-state index contributed by atoms with van der Waals surface area (Å²) in [5.41, 5.74) is 5.83. The van der Waals surface area contributed by atoms with Crippen molar-refractivity contribution in [2.24, 2.45) is 5.73 Å². The van der Waals surface area contributed by atoms with E-state index in [1.165, 1.54) is 6.07 Å². The van der Waals surface area contributed by atoms with Crippen molar-refractivity contribution >= 4 is 15.9 Å². The van der Waals surface area contributed by atoms with Gasteiger partial charge in [-0.3, -0.25) is 0 Å². The molecule has 0 fully saturated rings. The third kappa shape index (κ3) is 4.43. The highest BCUT2D eigenvalue weighted by molar-refractivity contribution is 9.10. The molecule has 1 aromatic rings. The predicted molar refractivity (Wildman–Crippen MR) is 59.8 cm³/mol. The Labute approximate surface area is 105 Å². The SMILES string of the molecule is CC(N)Cc1cc(Br)cc(OC(F)(F)F)c1O. The molecular formula is C10H11BrF3NO2. The van der Waals surface area contributed by atoms with E-state index in [9.17, 15) is 18.3 Å². The average molecular weight is 314 g/mol. The summed E-state index contributed by atoms with van der Waals surface area (Å²) >= 11 is 3.05. The lowest BCUT2D eigenvalue weighted by molar-refractivity contribution is -0.275. The van der Waals surface area contributed by atoms with E-state index in [0.717, 1.165) is 6.07 Å². The highest BCUT2D eigenvalue weighted by atomic mass is 79.9. The summed E-state index contributed by atoms with van der Waals surface area (Å²) in [6.07, 6.45) is -4.59. The van der Waals surface area contributed by atoms with E-state index in [-0.39, 0.29) is 12.5 Å². The van der Waals surface area contributed by atoms with Crippen LogP contribution in [-0.2, 0) is 6.42 Å². The molecule has 0 aromatic heterocycles. The lowest BCUT2D eigenvalue weighted by Crippen LogP contribution is -2.19. The molecule has 7 heteroatoms. The number of phenols is 1. The van der Waals surface area contributed by atoms with E-state index < -0.39 is 17.9 Å². The fourth-order valence-electron chi connectivity index (χ4n) is 1.33. The monoisotopic (exact) mass is 313 g/mol. The first kappa shape index (κ1) is 14.1. The summed E-state index contributed by atoms with van der Waals surface area (Å²) in [5.74, 6) is -1.18. The normalized spacial score (nSPS) is 13.5. The quantitative estimate of drug-likeness (QED) is 0.902. The number of hydrogen-bond acceptors (Lipinski definition) is 3. The number of alkyl halides is 3. The summed E-state index contributed by atoms with van der Waals surface area (Å²) in [6, 6.07) is 2.27. The van der Waals surface area contributed by atoms with Gasteiger partial charge in [0.1, 0.15) is 0 Å². The first-order valence-corrected chi connectivity index (χ1v) is 5.51. The summed E-state index contributed by atoms with van der Waals surface area (Å²) in [6.45, 7) is 1.69. The van der Waals surface area contributed by atoms with Crippen LogP contribution in [-0.4, -0.2) is 17.5 Å². The summed E-state index contributed by atoms with van der Waals surface area (Å²) < 4.78 is 40.3. The van der Waals surface area contributed by atoms with Crippen LogP contribution in [0, 0.1) is 0 Å². The zero-order valence-corrected chi connectivity index (χ0v) is 10.5. The Morgan fingerprint density at radius 1 is 1.47 bits per heavy atom. The van der Waals surface area contributed by atoms with E-state index in [0.29, 0.717) is 10.0 Å². The number of ether oxygens (including phenoxy) is 1. The molecule has 1 unspecified atom stereocenters. The first-order chi connectivity index (χ1) is 7.69. The molecule has 17 heavy (non-hydrogen) atoms. The van der Waals surface area contributed by atoms with Crippen LogP contribution < -0.4 is 10.5 Å². The second-order valence-electron chi connectivity index (χ2n) is 3.64. The van der Waals surface area contributed by atoms with Gasteiger partial charge in [-0.25, -0.2) is 0 Å². The van der Waals surface area contributed by atoms with Crippen LogP contribution in [0.15, 0.2) is 16.6 Å². The zero-order valence-electron chi connectivity index (χ0n) is 8.88. The van der Waals surface area contributed by atoms with Crippen molar-refractivity contribution in [3.63, 3.8) is 0 Å². The van der Waals surface area contributed by atoms with Gasteiger partial charge in [0.2, 0.25) is 0 Å². The van der Waals surface area contributed by atoms with Gasteiger partial charge in [-0.2, -0.15) is 0 Å². The van der Waals surface area contributed by atoms with Crippen LogP contribution in [0.1, 0.15) is 12.5 Å². The molecule has 1 rings (SSSR count). The van der Waals surface area contributed by atoms with E-state index in [1.54, 1.807) is 6.92 Å². The van der Waals surface area contributed by atoms with Crippen LogP contribution in [0.4, 0.5) is 13.2 Å². The van der Waals surface area contributed by atoms with Crippen LogP contribution in [0.5, 0.6) is 11.5 Å². The van der Waals surface area contributed by atoms with Gasteiger partial charge in [0.05, 0.1) is 0 Å². The maximum Gasteiger partial charge on any atom is 0.573 e. The Balaban J connectivity index is 3.10. The third-order valence-electron chi connectivity index (χ3n) is 1.89. The molecule has 0 aliphatic rings. The van der Waals surface area contributed by atoms with Gasteiger partial charge >= 0.3 is 6.36 Å². The molecule has 0 saturated carbocycles. The molecule has 0 heterocycles. The largest absolute Gasteiger partial charge is 0.573 e. The minimum absolute atomic E-state index is 0.249. The Hall–Kier alpha value is -0.950. The minimum atomic E-state index is -4.84. The van der Waals surface area contributed by atoms with Gasteiger partial charge in [0.15, 0.2) is 11.5 Å². The Morgan fingerprint density at radius 3 is 2.53 bits per heavy atom. The predicted octanol–water partition coefficient (Wildman–Crippen LogP) is 2.94. The molecule has 0 saturated heterocycles. The molecule has 3 nitrogen and oxygen atoms in total. The number of phenolic OH excluding ortho intramolecular Hbond substituents is 1. The molecule has 0 bridgehead atoms. The van der Waals surface area contributed by atoms with Gasteiger partial charge in [-0.05, 0) is 25.5 Å². The molecule has 1 aromatic carbocycles. The fraction of sp³-hybridized carbons (Fsp3) is 0.400. The van der Waals surface area contributed by atoms with Crippen LogP contribution >= 0.6 is 15.9 Å². The highest BCUT2D eigenvalue weighted by Gasteiger charge is 2.33. The highest BCUT2D eigenvalue weighted by Crippen LogP contribution is 2.37. The Morgan fingerprint density at radius 2 is 2.06 bits per heavy atom. The molecule has 0 spiro atoms. The second-order valence-corrected chi connectivity index (χ2v) is 4.56. The molecule has 3 N–H and O–H groups in total. The summed E-state index contributed by atoms with van der Waals surface area (Å²) in [4.78, 5) is 0. The molecule has 0 aliphatic heterocycles. The number of halogens is 4. The van der Waals surface area contributed by atoms with Crippen molar-refractivity contribution in [2.75, 3.05) is 0 Å². The molecular weight excluding hydrogens is 303 g/mol. The maximum atomic E-state index is 12.1. The number of rotatable bonds is 3. The van der Waals surface area contributed by atoms with Crippen LogP contribution in [0.3, 0.4) is 0 Å². The average Bonchev–Trinajstić information content (AvgIpc) is 2.09. The number of benzene rings is 1. The maximum absolute atomic E-state index is 12.1. The number of aromatic hydroxyl groups is 1. The first-order valence-electron chi connectivity index (χ1n) is 4.71. The molecule has 1 atom stereocenters. The zero-order chi connectivity index (χ0) is 13.2. The molecule has 0 amide bonds. The molecule has 0 radical (unpaired) electrons. The fourth-order valence-corrected chi connectivity index (χ4v) is 1.82. The smallest absolute Gasteiger partial charge is 0.504 e. The third-order valence-corrected chi connectivity index (χ3v) is 2.34. The van der Waals surface area contributed by atoms with E-state index >= 15 is 0 Å². The van der Waals surface area contributed by atoms with Gasteiger partial charge in [0, 0.05) is 16.1 Å². The van der Waals surface area contributed by atoms with Gasteiger partial charge in [0.25, 0.3) is 0 Å². The van der Waals surface area contributed by atoms with Crippen LogP contribution in [0.2, 0.25) is 0 Å². The molecule has 96 valence electrons. The minimum Gasteiger partial charge on any atom is -0.504 e. The second kappa shape index (κ2) is 5.14. The van der Waals surface area contributed by atoms with Crippen molar-refractivity contribution in [1.29, 1.82) is 0 Å². The van der Waals surface area contributed by atoms with Gasteiger partial charge in [-0.15, -0.1) is 13.2 Å². The standard InChI is InChI=1S/C10H11BrF3NO2/c1-5(15)2-6-3-7(11)4-8(9(6)16)17-10(12,13)14/h3-5,16H,2,15H2,1H3. The topological polar surface area (TPSA) is 55.5 Å². The van der Waals surface area contributed by atoms with Gasteiger partial charge < -0.3 is 15.6 Å². The van der Waals surface area contributed by atoms with Crippen molar-refractivity contribution < 1.29 is 23.0 Å². The summed E-state index contributed by atoms with van der Waals surface area (Å²) in [7, 11) is 0. The van der Waals surface area contributed by atoms with Crippen molar-refractivity contribution in [3.8, 4) is 11.5 Å². The number of hydrogen-bond donors (Lipinski definition) is 2. The van der Waals surface area contributed by atoms with E-state index in [1.807, 2.05) is 0 Å². The van der Waals surface area contributed by atoms with Gasteiger partial charge in [-0.1, -0.05) is 15.9 Å². The van der Waals surface area contributed by atoms with Crippen molar-refractivity contribution in [1.82, 2.24) is 0 Å². The summed E-state index contributed by atoms with van der Waals surface area (Å²) in [5, 5.41) is 9.62. The van der Waals surface area contributed by atoms with E-state index in [4.69, 9.17) is 5.73 Å². The van der Waals surface area contributed by atoms with Crippen molar-refractivity contribution in [3.05, 3.63) is 22.2 Å². The van der Waals surface area contributed by atoms with Crippen molar-refractivity contribution in [2.45, 2.75) is 25.7 Å². The Kier molecular flexibility index (Phi) is 4.26. The van der Waals surface area contributed by atoms with E-state index in [2.05, 4.69) is 20.7 Å². The Bertz CT molecular complexity index is 407. The lowest BCUT2D eigenvalue weighted by Gasteiger charge is -2.14.